The Bertz CT molecular complexity index is 1490. The van der Waals surface area contributed by atoms with Crippen LogP contribution < -0.4 is 0 Å². The number of para-hydroxylation sites is 1. The first-order valence-electron chi connectivity index (χ1n) is 10.6. The van der Waals surface area contributed by atoms with Crippen LogP contribution in [0.3, 0.4) is 0 Å². The van der Waals surface area contributed by atoms with Gasteiger partial charge in [0.2, 0.25) is 5.78 Å². The maximum Gasteiger partial charge on any atom is 0.221 e. The first-order chi connectivity index (χ1) is 16.6. The van der Waals surface area contributed by atoms with Crippen LogP contribution in [0.5, 0.6) is 0 Å². The molecule has 0 fully saturated rings. The van der Waals surface area contributed by atoms with Gasteiger partial charge in [0, 0.05) is 27.9 Å². The molecule has 34 heavy (non-hydrogen) atoms. The molecule has 0 bridgehead atoms. The van der Waals surface area contributed by atoms with Gasteiger partial charge in [-0.3, -0.25) is 4.79 Å². The van der Waals surface area contributed by atoms with Crippen molar-refractivity contribution >= 4 is 35.1 Å². The first kappa shape index (κ1) is 22.0. The number of hydrogen-bond acceptors (Lipinski definition) is 3. The third-order valence-corrected chi connectivity index (χ3v) is 5.82. The summed E-state index contributed by atoms with van der Waals surface area (Å²) in [7, 11) is 0. The molecule has 0 saturated heterocycles. The second kappa shape index (κ2) is 9.56. The molecule has 166 valence electrons. The fourth-order valence-corrected chi connectivity index (χ4v) is 4.10. The number of carbonyl (C=O) groups is 1. The molecule has 0 atom stereocenters. The highest BCUT2D eigenvalue weighted by Crippen LogP contribution is 2.32. The number of hydrogen-bond donors (Lipinski definition) is 0. The predicted molar refractivity (Wildman–Crippen MR) is 137 cm³/mol. The summed E-state index contributed by atoms with van der Waals surface area (Å²) in [5, 5.41) is 5.76. The van der Waals surface area contributed by atoms with E-state index in [0.717, 1.165) is 22.5 Å². The lowest BCUT2D eigenvalue weighted by Crippen LogP contribution is -1.93. The lowest BCUT2D eigenvalue weighted by Gasteiger charge is -2.01. The van der Waals surface area contributed by atoms with Crippen LogP contribution >= 0.6 is 23.2 Å². The molecule has 0 aliphatic heterocycles. The van der Waals surface area contributed by atoms with E-state index in [-0.39, 0.29) is 11.5 Å². The molecule has 0 aliphatic rings. The third kappa shape index (κ3) is 4.60. The highest BCUT2D eigenvalue weighted by Gasteiger charge is 2.14. The van der Waals surface area contributed by atoms with Gasteiger partial charge in [-0.1, -0.05) is 71.7 Å². The van der Waals surface area contributed by atoms with Gasteiger partial charge in [0.1, 0.15) is 5.76 Å². The van der Waals surface area contributed by atoms with Crippen LogP contribution in [0.4, 0.5) is 0 Å². The molecule has 5 aromatic rings. The Morgan fingerprint density at radius 3 is 2.35 bits per heavy atom. The molecular weight excluding hydrogens is 467 g/mol. The van der Waals surface area contributed by atoms with Crippen molar-refractivity contribution in [3.63, 3.8) is 0 Å². The third-order valence-electron chi connectivity index (χ3n) is 5.27. The Balaban J connectivity index is 1.45. The van der Waals surface area contributed by atoms with Crippen LogP contribution in [0.1, 0.15) is 16.1 Å². The largest absolute Gasteiger partial charge is 0.453 e. The van der Waals surface area contributed by atoms with Crippen LogP contribution in [-0.2, 0) is 0 Å². The van der Waals surface area contributed by atoms with Crippen molar-refractivity contribution in [2.45, 2.75) is 0 Å². The Morgan fingerprint density at radius 2 is 1.62 bits per heavy atom. The molecule has 2 heterocycles. The summed E-state index contributed by atoms with van der Waals surface area (Å²) >= 11 is 12.2. The molecule has 0 aliphatic carbocycles. The van der Waals surface area contributed by atoms with Crippen LogP contribution in [0.25, 0.3) is 34.3 Å². The predicted octanol–water partition coefficient (Wildman–Crippen LogP) is 8.00. The summed E-state index contributed by atoms with van der Waals surface area (Å²) in [6.07, 6.45) is 5.15. The van der Waals surface area contributed by atoms with Gasteiger partial charge in [0.05, 0.1) is 16.4 Å². The van der Waals surface area contributed by atoms with E-state index in [0.29, 0.717) is 21.4 Å². The highest BCUT2D eigenvalue weighted by atomic mass is 35.5. The van der Waals surface area contributed by atoms with Crippen LogP contribution in [-0.4, -0.2) is 15.6 Å². The SMILES string of the molecule is O=C(C=Cc1cn(-c2ccccc2)nc1-c1ccccc1)c1ccc(-c2ccc(Cl)cc2Cl)o1. The van der Waals surface area contributed by atoms with Crippen molar-refractivity contribution in [1.29, 1.82) is 0 Å². The van der Waals surface area contributed by atoms with Gasteiger partial charge in [-0.15, -0.1) is 0 Å². The summed E-state index contributed by atoms with van der Waals surface area (Å²) < 4.78 is 7.59. The molecule has 0 spiro atoms. The molecule has 4 nitrogen and oxygen atoms in total. The molecule has 2 aromatic heterocycles. The van der Waals surface area contributed by atoms with Gasteiger partial charge >= 0.3 is 0 Å². The molecule has 6 heteroatoms. The van der Waals surface area contributed by atoms with E-state index in [2.05, 4.69) is 0 Å². The number of halogens is 2. The minimum atomic E-state index is -0.261. The molecule has 0 amide bonds. The highest BCUT2D eigenvalue weighted by molar-refractivity contribution is 6.36. The molecule has 0 N–H and O–H groups in total. The molecule has 3 aromatic carbocycles. The Labute approximate surface area is 206 Å². The molecule has 5 rings (SSSR count). The Kier molecular flexibility index (Phi) is 6.17. The average Bonchev–Trinajstić information content (AvgIpc) is 3.52. The van der Waals surface area contributed by atoms with E-state index < -0.39 is 0 Å². The summed E-state index contributed by atoms with van der Waals surface area (Å²) in [5.74, 6) is 0.456. The molecule has 0 saturated carbocycles. The van der Waals surface area contributed by atoms with Crippen molar-refractivity contribution < 1.29 is 9.21 Å². The summed E-state index contributed by atoms with van der Waals surface area (Å²) in [5.41, 5.74) is 4.16. The number of carbonyl (C=O) groups excluding carboxylic acids is 1. The molecule has 0 unspecified atom stereocenters. The summed E-state index contributed by atoms with van der Waals surface area (Å²) in [6.45, 7) is 0. The number of aromatic nitrogens is 2. The van der Waals surface area contributed by atoms with Crippen molar-refractivity contribution in [3.05, 3.63) is 125 Å². The van der Waals surface area contributed by atoms with Gasteiger partial charge in [-0.05, 0) is 54.6 Å². The lowest BCUT2D eigenvalue weighted by atomic mass is 10.1. The molecule has 0 radical (unpaired) electrons. The normalized spacial score (nSPS) is 11.2. The maximum atomic E-state index is 12.9. The number of allylic oxidation sites excluding steroid dienone is 1. The Morgan fingerprint density at radius 1 is 0.882 bits per heavy atom. The lowest BCUT2D eigenvalue weighted by molar-refractivity contribution is 0.102. The number of furan rings is 1. The molecular formula is C28H18Cl2N2O2. The maximum absolute atomic E-state index is 12.9. The zero-order valence-corrected chi connectivity index (χ0v) is 19.4. The second-order valence-corrected chi connectivity index (χ2v) is 8.41. The number of ketones is 1. The van der Waals surface area contributed by atoms with Gasteiger partial charge in [-0.2, -0.15) is 5.10 Å². The fourth-order valence-electron chi connectivity index (χ4n) is 3.59. The monoisotopic (exact) mass is 484 g/mol. The summed E-state index contributed by atoms with van der Waals surface area (Å²) in [4.78, 5) is 12.9. The minimum Gasteiger partial charge on any atom is -0.453 e. The van der Waals surface area contributed by atoms with E-state index in [1.165, 1.54) is 6.08 Å². The van der Waals surface area contributed by atoms with Gasteiger partial charge in [0.15, 0.2) is 5.76 Å². The van der Waals surface area contributed by atoms with Crippen molar-refractivity contribution in [3.8, 4) is 28.3 Å². The quantitative estimate of drug-likeness (QED) is 0.181. The zero-order chi connectivity index (χ0) is 23.5. The van der Waals surface area contributed by atoms with E-state index in [9.17, 15) is 4.79 Å². The van der Waals surface area contributed by atoms with E-state index in [1.54, 1.807) is 41.1 Å². The first-order valence-corrected chi connectivity index (χ1v) is 11.3. The van der Waals surface area contributed by atoms with Crippen LogP contribution in [0.2, 0.25) is 10.0 Å². The Hall–Kier alpha value is -3.86. The topological polar surface area (TPSA) is 48.0 Å². The second-order valence-electron chi connectivity index (χ2n) is 7.56. The van der Waals surface area contributed by atoms with Crippen molar-refractivity contribution in [2.75, 3.05) is 0 Å². The smallest absolute Gasteiger partial charge is 0.221 e. The van der Waals surface area contributed by atoms with Crippen LogP contribution in [0, 0.1) is 0 Å². The zero-order valence-electron chi connectivity index (χ0n) is 17.9. The van der Waals surface area contributed by atoms with Crippen molar-refractivity contribution in [2.24, 2.45) is 0 Å². The minimum absolute atomic E-state index is 0.217. The van der Waals surface area contributed by atoms with E-state index >= 15 is 0 Å². The number of rotatable bonds is 6. The number of benzene rings is 3. The summed E-state index contributed by atoms with van der Waals surface area (Å²) in [6, 6.07) is 28.2. The number of nitrogens with zero attached hydrogens (tertiary/aromatic N) is 2. The fraction of sp³-hybridized carbons (Fsp3) is 0. The van der Waals surface area contributed by atoms with Crippen molar-refractivity contribution in [1.82, 2.24) is 9.78 Å². The van der Waals surface area contributed by atoms with E-state index in [1.807, 2.05) is 66.9 Å². The standard InChI is InChI=1S/C28H18Cl2N2O2/c29-21-12-13-23(24(30)17-21)26-15-16-27(34-26)25(33)14-11-20-18-32(22-9-5-2-6-10-22)31-28(20)19-7-3-1-4-8-19/h1-18H. The average molecular weight is 485 g/mol. The van der Waals surface area contributed by atoms with Crippen LogP contribution in [0.15, 0.2) is 108 Å². The van der Waals surface area contributed by atoms with Gasteiger partial charge < -0.3 is 4.42 Å². The van der Waals surface area contributed by atoms with Gasteiger partial charge in [-0.25, -0.2) is 4.68 Å². The van der Waals surface area contributed by atoms with E-state index in [4.69, 9.17) is 32.7 Å². The van der Waals surface area contributed by atoms with Gasteiger partial charge in [0.25, 0.3) is 0 Å².